The van der Waals surface area contributed by atoms with Crippen LogP contribution in [0.25, 0.3) is 0 Å². The van der Waals surface area contributed by atoms with Crippen molar-refractivity contribution in [1.82, 2.24) is 0 Å². The summed E-state index contributed by atoms with van der Waals surface area (Å²) in [7, 11) is 0. The summed E-state index contributed by atoms with van der Waals surface area (Å²) in [5.74, 6) is 0. The third-order valence-electron chi connectivity index (χ3n) is 2.72. The highest BCUT2D eigenvalue weighted by Crippen LogP contribution is 2.46. The number of nitrogens with two attached hydrogens (primary N) is 1. The molecule has 0 aliphatic heterocycles. The molecule has 0 amide bonds. The molecule has 1 saturated carbocycles. The lowest BCUT2D eigenvalue weighted by atomic mass is 10.0. The summed E-state index contributed by atoms with van der Waals surface area (Å²) in [5.41, 5.74) is 10.0. The Morgan fingerprint density at radius 1 is 1.31 bits per heavy atom. The van der Waals surface area contributed by atoms with Crippen LogP contribution in [0, 0.1) is 13.8 Å². The van der Waals surface area contributed by atoms with Crippen molar-refractivity contribution >= 4 is 15.9 Å². The largest absolute Gasteiger partial charge is 0.321 e. The Balaban J connectivity index is 2.56. The second-order valence-electron chi connectivity index (χ2n) is 4.10. The standard InChI is InChI=1S/C11H14BrN/c1-7-5-8(2)10(12)9(6-7)11(13)3-4-11/h5-6H,3-4,13H2,1-2H3. The molecular formula is C11H14BrN. The second kappa shape index (κ2) is 2.82. The summed E-state index contributed by atoms with van der Waals surface area (Å²) in [6.45, 7) is 4.24. The predicted molar refractivity (Wildman–Crippen MR) is 58.7 cm³/mol. The van der Waals surface area contributed by atoms with Crippen molar-refractivity contribution in [2.75, 3.05) is 0 Å². The molecule has 13 heavy (non-hydrogen) atoms. The molecule has 1 aliphatic carbocycles. The van der Waals surface area contributed by atoms with Gasteiger partial charge in [0.25, 0.3) is 0 Å². The molecule has 0 saturated heterocycles. The molecular weight excluding hydrogens is 226 g/mol. The fourth-order valence-electron chi connectivity index (χ4n) is 1.72. The summed E-state index contributed by atoms with van der Waals surface area (Å²) in [6.07, 6.45) is 2.24. The zero-order chi connectivity index (χ0) is 9.64. The fourth-order valence-corrected chi connectivity index (χ4v) is 2.34. The summed E-state index contributed by atoms with van der Waals surface area (Å²) >= 11 is 3.61. The van der Waals surface area contributed by atoms with Crippen LogP contribution in [-0.2, 0) is 5.54 Å². The van der Waals surface area contributed by atoms with Crippen LogP contribution in [0.15, 0.2) is 16.6 Å². The molecule has 2 N–H and O–H groups in total. The number of hydrogen-bond donors (Lipinski definition) is 1. The van der Waals surface area contributed by atoms with Gasteiger partial charge < -0.3 is 5.73 Å². The lowest BCUT2D eigenvalue weighted by Crippen LogP contribution is -2.19. The highest BCUT2D eigenvalue weighted by molar-refractivity contribution is 9.10. The lowest BCUT2D eigenvalue weighted by molar-refractivity contribution is 0.733. The van der Waals surface area contributed by atoms with Gasteiger partial charge in [-0.3, -0.25) is 0 Å². The van der Waals surface area contributed by atoms with Gasteiger partial charge in [0.05, 0.1) is 0 Å². The van der Waals surface area contributed by atoms with Crippen molar-refractivity contribution in [3.8, 4) is 0 Å². The van der Waals surface area contributed by atoms with Crippen molar-refractivity contribution in [3.05, 3.63) is 33.3 Å². The van der Waals surface area contributed by atoms with E-state index < -0.39 is 0 Å². The van der Waals surface area contributed by atoms with Crippen LogP contribution in [0.5, 0.6) is 0 Å². The van der Waals surface area contributed by atoms with E-state index in [1.54, 1.807) is 0 Å². The Morgan fingerprint density at radius 2 is 1.92 bits per heavy atom. The quantitative estimate of drug-likeness (QED) is 0.802. The normalized spacial score (nSPS) is 18.8. The van der Waals surface area contributed by atoms with Crippen molar-refractivity contribution in [2.45, 2.75) is 32.2 Å². The average Bonchev–Trinajstić information content (AvgIpc) is 2.77. The minimum absolute atomic E-state index is 0.0321. The number of benzene rings is 1. The van der Waals surface area contributed by atoms with Crippen LogP contribution >= 0.6 is 15.9 Å². The van der Waals surface area contributed by atoms with Gasteiger partial charge in [-0.15, -0.1) is 0 Å². The topological polar surface area (TPSA) is 26.0 Å². The first-order valence-corrected chi connectivity index (χ1v) is 5.38. The Hall–Kier alpha value is -0.340. The van der Waals surface area contributed by atoms with Gasteiger partial charge in [-0.25, -0.2) is 0 Å². The van der Waals surface area contributed by atoms with Gasteiger partial charge in [-0.1, -0.05) is 33.6 Å². The van der Waals surface area contributed by atoms with Crippen molar-refractivity contribution in [3.63, 3.8) is 0 Å². The van der Waals surface area contributed by atoms with E-state index in [4.69, 9.17) is 5.73 Å². The molecule has 1 aromatic carbocycles. The minimum Gasteiger partial charge on any atom is -0.321 e. The number of rotatable bonds is 1. The van der Waals surface area contributed by atoms with Gasteiger partial charge in [0.2, 0.25) is 0 Å². The predicted octanol–water partition coefficient (Wildman–Crippen LogP) is 3.01. The van der Waals surface area contributed by atoms with E-state index in [1.807, 2.05) is 0 Å². The zero-order valence-electron chi connectivity index (χ0n) is 8.02. The average molecular weight is 240 g/mol. The third-order valence-corrected chi connectivity index (χ3v) is 3.78. The molecule has 0 atom stereocenters. The maximum atomic E-state index is 6.18. The second-order valence-corrected chi connectivity index (χ2v) is 4.89. The van der Waals surface area contributed by atoms with Crippen molar-refractivity contribution < 1.29 is 0 Å². The Morgan fingerprint density at radius 3 is 2.46 bits per heavy atom. The zero-order valence-corrected chi connectivity index (χ0v) is 9.61. The number of hydrogen-bond acceptors (Lipinski definition) is 1. The molecule has 1 aliphatic rings. The van der Waals surface area contributed by atoms with Crippen LogP contribution < -0.4 is 5.73 Å². The van der Waals surface area contributed by atoms with Gasteiger partial charge >= 0.3 is 0 Å². The Labute approximate surface area is 87.5 Å². The Kier molecular flexibility index (Phi) is 2.00. The molecule has 0 spiro atoms. The maximum Gasteiger partial charge on any atom is 0.0422 e. The molecule has 0 heterocycles. The first-order chi connectivity index (χ1) is 6.03. The van der Waals surface area contributed by atoms with Gasteiger partial charge in [-0.05, 0) is 37.8 Å². The molecule has 0 radical (unpaired) electrons. The van der Waals surface area contributed by atoms with Crippen molar-refractivity contribution in [2.24, 2.45) is 5.73 Å². The monoisotopic (exact) mass is 239 g/mol. The summed E-state index contributed by atoms with van der Waals surface area (Å²) in [4.78, 5) is 0. The summed E-state index contributed by atoms with van der Waals surface area (Å²) in [6, 6.07) is 4.38. The van der Waals surface area contributed by atoms with Crippen molar-refractivity contribution in [1.29, 1.82) is 0 Å². The number of aryl methyl sites for hydroxylation is 2. The van der Waals surface area contributed by atoms with E-state index in [0.717, 1.165) is 12.8 Å². The Bertz CT molecular complexity index is 353. The van der Waals surface area contributed by atoms with E-state index in [-0.39, 0.29) is 5.54 Å². The molecule has 1 fully saturated rings. The molecule has 1 aromatic rings. The third kappa shape index (κ3) is 1.53. The molecule has 0 unspecified atom stereocenters. The van der Waals surface area contributed by atoms with Crippen LogP contribution in [0.2, 0.25) is 0 Å². The van der Waals surface area contributed by atoms with E-state index in [1.165, 1.54) is 21.2 Å². The first-order valence-electron chi connectivity index (χ1n) is 4.59. The van der Waals surface area contributed by atoms with Gasteiger partial charge in [0.15, 0.2) is 0 Å². The van der Waals surface area contributed by atoms with E-state index in [0.29, 0.717) is 0 Å². The molecule has 0 aromatic heterocycles. The summed E-state index contributed by atoms with van der Waals surface area (Å²) < 4.78 is 1.19. The van der Waals surface area contributed by atoms with E-state index in [9.17, 15) is 0 Å². The maximum absolute atomic E-state index is 6.18. The van der Waals surface area contributed by atoms with E-state index >= 15 is 0 Å². The van der Waals surface area contributed by atoms with Crippen LogP contribution in [0.4, 0.5) is 0 Å². The van der Waals surface area contributed by atoms with Crippen LogP contribution in [-0.4, -0.2) is 0 Å². The minimum atomic E-state index is -0.0321. The summed E-state index contributed by atoms with van der Waals surface area (Å²) in [5, 5.41) is 0. The SMILES string of the molecule is Cc1cc(C)c(Br)c(C2(N)CC2)c1. The van der Waals surface area contributed by atoms with Gasteiger partial charge in [0, 0.05) is 10.0 Å². The highest BCUT2D eigenvalue weighted by Gasteiger charge is 2.41. The smallest absolute Gasteiger partial charge is 0.0422 e. The number of halogens is 1. The lowest BCUT2D eigenvalue weighted by Gasteiger charge is -2.14. The fraction of sp³-hybridized carbons (Fsp3) is 0.455. The molecule has 2 heteroatoms. The van der Waals surface area contributed by atoms with Gasteiger partial charge in [0.1, 0.15) is 0 Å². The molecule has 1 nitrogen and oxygen atoms in total. The van der Waals surface area contributed by atoms with Gasteiger partial charge in [-0.2, -0.15) is 0 Å². The molecule has 2 rings (SSSR count). The highest BCUT2D eigenvalue weighted by atomic mass is 79.9. The van der Waals surface area contributed by atoms with E-state index in [2.05, 4.69) is 41.9 Å². The van der Waals surface area contributed by atoms with Crippen LogP contribution in [0.1, 0.15) is 29.5 Å². The molecule has 70 valence electrons. The van der Waals surface area contributed by atoms with Crippen LogP contribution in [0.3, 0.4) is 0 Å². The molecule has 0 bridgehead atoms. The first kappa shape index (κ1) is 9.22.